The normalized spacial score (nSPS) is 14.1. The molecule has 0 radical (unpaired) electrons. The highest BCUT2D eigenvalue weighted by Crippen LogP contribution is 2.19. The van der Waals surface area contributed by atoms with Crippen LogP contribution in [0.2, 0.25) is 0 Å². The fourth-order valence-electron chi connectivity index (χ4n) is 1.36. The van der Waals surface area contributed by atoms with Gasteiger partial charge in [-0.3, -0.25) is 4.79 Å². The van der Waals surface area contributed by atoms with Crippen LogP contribution in [0.1, 0.15) is 29.8 Å². The van der Waals surface area contributed by atoms with Crippen molar-refractivity contribution in [1.29, 1.82) is 0 Å². The molecule has 7 heteroatoms. The zero-order chi connectivity index (χ0) is 13.0. The van der Waals surface area contributed by atoms with E-state index in [9.17, 15) is 9.59 Å². The molecule has 0 saturated heterocycles. The first-order valence-corrected chi connectivity index (χ1v) is 6.64. The number of hydrogen-bond donors (Lipinski definition) is 2. The maximum Gasteiger partial charge on any atom is 0.357 e. The Labute approximate surface area is 109 Å². The summed E-state index contributed by atoms with van der Waals surface area (Å²) in [6.45, 7) is 0.507. The van der Waals surface area contributed by atoms with E-state index in [4.69, 9.17) is 0 Å². The van der Waals surface area contributed by atoms with Crippen LogP contribution in [0.3, 0.4) is 0 Å². The van der Waals surface area contributed by atoms with Gasteiger partial charge in [-0.2, -0.15) is 0 Å². The average molecular weight is 269 g/mol. The summed E-state index contributed by atoms with van der Waals surface area (Å²) >= 11 is 1.32. The molecule has 6 nitrogen and oxygen atoms in total. The summed E-state index contributed by atoms with van der Waals surface area (Å²) < 4.78 is 4.56. The van der Waals surface area contributed by atoms with Crippen molar-refractivity contribution < 1.29 is 14.3 Å². The molecule has 1 amide bonds. The maximum absolute atomic E-state index is 11.4. The molecule has 0 atom stereocenters. The second kappa shape index (κ2) is 5.81. The number of anilines is 1. The number of thiazole rings is 1. The summed E-state index contributed by atoms with van der Waals surface area (Å²) in [5.41, 5.74) is 0.285. The van der Waals surface area contributed by atoms with E-state index in [1.165, 1.54) is 18.4 Å². The number of carbonyl (C=O) groups is 2. The van der Waals surface area contributed by atoms with E-state index < -0.39 is 5.97 Å². The van der Waals surface area contributed by atoms with Crippen molar-refractivity contribution in [2.45, 2.75) is 25.3 Å². The van der Waals surface area contributed by atoms with Gasteiger partial charge in [0.05, 0.1) is 7.11 Å². The Hall–Kier alpha value is -1.63. The van der Waals surface area contributed by atoms with Crippen LogP contribution in [0.15, 0.2) is 5.38 Å². The number of esters is 1. The van der Waals surface area contributed by atoms with Crippen LogP contribution >= 0.6 is 11.3 Å². The fraction of sp³-hybridized carbons (Fsp3) is 0.545. The first-order chi connectivity index (χ1) is 8.69. The Kier molecular flexibility index (Phi) is 4.14. The number of hydrogen-bond acceptors (Lipinski definition) is 6. The van der Waals surface area contributed by atoms with Gasteiger partial charge in [-0.05, 0) is 12.8 Å². The number of nitrogens with zero attached hydrogens (tertiary/aromatic N) is 1. The Bertz CT molecular complexity index is 442. The van der Waals surface area contributed by atoms with Gasteiger partial charge in [0.25, 0.3) is 0 Å². The number of rotatable bonds is 6. The topological polar surface area (TPSA) is 80.3 Å². The number of carbonyl (C=O) groups excluding carboxylic acids is 2. The Balaban J connectivity index is 1.70. The van der Waals surface area contributed by atoms with Gasteiger partial charge in [0.2, 0.25) is 5.91 Å². The van der Waals surface area contributed by atoms with Crippen LogP contribution in [0.4, 0.5) is 5.13 Å². The van der Waals surface area contributed by atoms with Crippen LogP contribution in [0, 0.1) is 0 Å². The molecular weight excluding hydrogens is 254 g/mol. The summed E-state index contributed by atoms with van der Waals surface area (Å²) in [6, 6.07) is 0.392. The Morgan fingerprint density at radius 1 is 1.56 bits per heavy atom. The monoisotopic (exact) mass is 269 g/mol. The second-order valence-electron chi connectivity index (χ2n) is 4.05. The summed E-state index contributed by atoms with van der Waals surface area (Å²) in [4.78, 5) is 26.6. The van der Waals surface area contributed by atoms with Crippen molar-refractivity contribution in [1.82, 2.24) is 10.3 Å². The molecule has 1 aliphatic rings. The minimum Gasteiger partial charge on any atom is -0.464 e. The highest BCUT2D eigenvalue weighted by atomic mass is 32.1. The Morgan fingerprint density at radius 3 is 3.00 bits per heavy atom. The Morgan fingerprint density at radius 2 is 2.33 bits per heavy atom. The molecule has 98 valence electrons. The van der Waals surface area contributed by atoms with Gasteiger partial charge in [-0.1, -0.05) is 0 Å². The first-order valence-electron chi connectivity index (χ1n) is 5.76. The molecule has 2 rings (SSSR count). The average Bonchev–Trinajstić information content (AvgIpc) is 3.04. The first kappa shape index (κ1) is 12.8. The SMILES string of the molecule is COC(=O)c1csc(NCCC(=O)NC2CC2)n1. The quantitative estimate of drug-likeness (QED) is 0.753. The lowest BCUT2D eigenvalue weighted by molar-refractivity contribution is -0.120. The van der Waals surface area contributed by atoms with Gasteiger partial charge >= 0.3 is 5.97 Å². The van der Waals surface area contributed by atoms with Crippen LogP contribution in [-0.2, 0) is 9.53 Å². The van der Waals surface area contributed by atoms with E-state index in [1.54, 1.807) is 5.38 Å². The lowest BCUT2D eigenvalue weighted by Gasteiger charge is -2.03. The van der Waals surface area contributed by atoms with Crippen molar-refractivity contribution in [2.75, 3.05) is 19.0 Å². The summed E-state index contributed by atoms with van der Waals surface area (Å²) in [5.74, 6) is -0.402. The molecule has 1 aromatic heterocycles. The number of methoxy groups -OCH3 is 1. The molecule has 0 bridgehead atoms. The third kappa shape index (κ3) is 3.69. The van der Waals surface area contributed by atoms with Crippen LogP contribution in [0.5, 0.6) is 0 Å². The van der Waals surface area contributed by atoms with Crippen LogP contribution < -0.4 is 10.6 Å². The lowest BCUT2D eigenvalue weighted by atomic mass is 10.4. The van der Waals surface area contributed by atoms with Crippen molar-refractivity contribution in [3.05, 3.63) is 11.1 Å². The second-order valence-corrected chi connectivity index (χ2v) is 4.91. The molecule has 1 aromatic rings. The molecule has 0 aliphatic heterocycles. The molecule has 1 saturated carbocycles. The third-order valence-corrected chi connectivity index (χ3v) is 3.27. The predicted molar refractivity (Wildman–Crippen MR) is 67.7 cm³/mol. The standard InChI is InChI=1S/C11H15N3O3S/c1-17-10(16)8-6-18-11(14-8)12-5-4-9(15)13-7-2-3-7/h6-7H,2-5H2,1H3,(H,12,14)(H,13,15). The van der Waals surface area contributed by atoms with Gasteiger partial charge in [-0.15, -0.1) is 11.3 Å². The molecule has 18 heavy (non-hydrogen) atoms. The molecular formula is C11H15N3O3S. The van der Waals surface area contributed by atoms with Crippen molar-refractivity contribution in [3.8, 4) is 0 Å². The van der Waals surface area contributed by atoms with Gasteiger partial charge in [-0.25, -0.2) is 9.78 Å². The minimum absolute atomic E-state index is 0.0507. The number of ether oxygens (including phenoxy) is 1. The number of nitrogens with one attached hydrogen (secondary N) is 2. The summed E-state index contributed by atoms with van der Waals surface area (Å²) in [7, 11) is 1.32. The van der Waals surface area contributed by atoms with Crippen molar-refractivity contribution in [2.24, 2.45) is 0 Å². The van der Waals surface area contributed by atoms with Crippen LogP contribution in [-0.4, -0.2) is 36.6 Å². The minimum atomic E-state index is -0.453. The number of amides is 1. The van der Waals surface area contributed by atoms with Crippen LogP contribution in [0.25, 0.3) is 0 Å². The van der Waals surface area contributed by atoms with E-state index >= 15 is 0 Å². The molecule has 1 heterocycles. The molecule has 0 aromatic carbocycles. The molecule has 0 spiro atoms. The number of aromatic nitrogens is 1. The van der Waals surface area contributed by atoms with E-state index in [1.807, 2.05) is 0 Å². The van der Waals surface area contributed by atoms with E-state index in [0.717, 1.165) is 12.8 Å². The molecule has 0 unspecified atom stereocenters. The van der Waals surface area contributed by atoms with Gasteiger partial charge < -0.3 is 15.4 Å². The zero-order valence-corrected chi connectivity index (χ0v) is 10.9. The fourth-order valence-corrected chi connectivity index (χ4v) is 2.07. The van der Waals surface area contributed by atoms with E-state index in [2.05, 4.69) is 20.4 Å². The van der Waals surface area contributed by atoms with Crippen molar-refractivity contribution in [3.63, 3.8) is 0 Å². The third-order valence-electron chi connectivity index (χ3n) is 2.47. The van der Waals surface area contributed by atoms with Gasteiger partial charge in [0.15, 0.2) is 10.8 Å². The predicted octanol–water partition coefficient (Wildman–Crippen LogP) is 1.01. The van der Waals surface area contributed by atoms with E-state index in [0.29, 0.717) is 24.1 Å². The summed E-state index contributed by atoms with van der Waals surface area (Å²) in [6.07, 6.45) is 2.59. The summed E-state index contributed by atoms with van der Waals surface area (Å²) in [5, 5.41) is 8.15. The molecule has 1 fully saturated rings. The zero-order valence-electron chi connectivity index (χ0n) is 10.1. The molecule has 2 N–H and O–H groups in total. The largest absolute Gasteiger partial charge is 0.464 e. The van der Waals surface area contributed by atoms with E-state index in [-0.39, 0.29) is 11.6 Å². The van der Waals surface area contributed by atoms with Gasteiger partial charge in [0, 0.05) is 24.4 Å². The highest BCUT2D eigenvalue weighted by Gasteiger charge is 2.22. The molecule has 1 aliphatic carbocycles. The maximum atomic E-state index is 11.4. The smallest absolute Gasteiger partial charge is 0.357 e. The van der Waals surface area contributed by atoms with Crippen molar-refractivity contribution >= 4 is 28.3 Å². The highest BCUT2D eigenvalue weighted by molar-refractivity contribution is 7.13. The van der Waals surface area contributed by atoms with Gasteiger partial charge in [0.1, 0.15) is 0 Å². The lowest BCUT2D eigenvalue weighted by Crippen LogP contribution is -2.27.